The SMILES string of the molecule is NC(=O)C1CCN(C2=NC(=O)C(=Cc3cn(-c4ccccc4)nc3-c3cccs3)S2)CC1. The second-order valence-corrected chi connectivity index (χ2v) is 9.62. The standard InChI is InChI=1S/C23H21N5O2S2/c24-21(29)15-8-10-27(11-9-15)23-25-22(30)19(32-23)13-16-14-28(17-5-2-1-3-6-17)26-20(16)18-7-4-12-31-18/h1-7,12-15H,8-11H2,(H2,24,29). The van der Waals surface area contributed by atoms with Crippen LogP contribution in [0.3, 0.4) is 0 Å². The van der Waals surface area contributed by atoms with Crippen molar-refractivity contribution in [2.45, 2.75) is 12.8 Å². The van der Waals surface area contributed by atoms with Crippen molar-refractivity contribution in [3.05, 3.63) is 64.5 Å². The van der Waals surface area contributed by atoms with Gasteiger partial charge in [0.2, 0.25) is 5.91 Å². The number of para-hydroxylation sites is 1. The van der Waals surface area contributed by atoms with Crippen LogP contribution >= 0.6 is 23.1 Å². The summed E-state index contributed by atoms with van der Waals surface area (Å²) in [6, 6.07) is 13.9. The van der Waals surface area contributed by atoms with Gasteiger partial charge in [-0.15, -0.1) is 11.3 Å². The summed E-state index contributed by atoms with van der Waals surface area (Å²) in [4.78, 5) is 32.0. The van der Waals surface area contributed by atoms with Crippen LogP contribution in [0.15, 0.2) is 63.9 Å². The summed E-state index contributed by atoms with van der Waals surface area (Å²) in [5.41, 5.74) is 8.09. The summed E-state index contributed by atoms with van der Waals surface area (Å²) >= 11 is 2.99. The average Bonchev–Trinajstić information content (AvgIpc) is 3.55. The fourth-order valence-corrected chi connectivity index (χ4v) is 5.53. The highest BCUT2D eigenvalue weighted by atomic mass is 32.2. The van der Waals surface area contributed by atoms with Gasteiger partial charge in [0.15, 0.2) is 5.17 Å². The van der Waals surface area contributed by atoms with Crippen LogP contribution in [0.1, 0.15) is 18.4 Å². The zero-order chi connectivity index (χ0) is 22.1. The minimum atomic E-state index is -0.251. The smallest absolute Gasteiger partial charge is 0.286 e. The van der Waals surface area contributed by atoms with Crippen LogP contribution in [0.5, 0.6) is 0 Å². The first-order valence-electron chi connectivity index (χ1n) is 10.3. The third kappa shape index (κ3) is 4.13. The number of thiophene rings is 1. The van der Waals surface area contributed by atoms with Gasteiger partial charge in [0, 0.05) is 30.8 Å². The molecule has 0 spiro atoms. The fraction of sp³-hybridized carbons (Fsp3) is 0.217. The van der Waals surface area contributed by atoms with E-state index in [-0.39, 0.29) is 17.7 Å². The van der Waals surface area contributed by atoms with Gasteiger partial charge in [-0.05, 0) is 54.3 Å². The number of aromatic nitrogens is 2. The first kappa shape index (κ1) is 20.7. The van der Waals surface area contributed by atoms with E-state index < -0.39 is 0 Å². The van der Waals surface area contributed by atoms with Gasteiger partial charge in [-0.3, -0.25) is 9.59 Å². The summed E-state index contributed by atoms with van der Waals surface area (Å²) < 4.78 is 1.84. The first-order chi connectivity index (χ1) is 15.6. The van der Waals surface area contributed by atoms with Gasteiger partial charge in [-0.25, -0.2) is 4.68 Å². The number of hydrogen-bond donors (Lipinski definition) is 1. The predicted octanol–water partition coefficient (Wildman–Crippen LogP) is 3.77. The van der Waals surface area contributed by atoms with Crippen molar-refractivity contribution >= 4 is 46.2 Å². The number of aliphatic imine (C=N–C) groups is 1. The lowest BCUT2D eigenvalue weighted by atomic mass is 9.97. The minimum Gasteiger partial charge on any atom is -0.369 e. The van der Waals surface area contributed by atoms with E-state index in [4.69, 9.17) is 10.8 Å². The molecular weight excluding hydrogens is 442 g/mol. The molecule has 0 bridgehead atoms. The largest absolute Gasteiger partial charge is 0.369 e. The molecule has 2 amide bonds. The number of nitrogens with two attached hydrogens (primary N) is 1. The Kier molecular flexibility index (Phi) is 5.67. The molecule has 1 fully saturated rings. The zero-order valence-corrected chi connectivity index (χ0v) is 18.8. The van der Waals surface area contributed by atoms with E-state index in [0.29, 0.717) is 36.0 Å². The topological polar surface area (TPSA) is 93.6 Å². The molecule has 2 aromatic heterocycles. The van der Waals surface area contributed by atoms with Crippen molar-refractivity contribution in [1.82, 2.24) is 14.7 Å². The summed E-state index contributed by atoms with van der Waals surface area (Å²) in [6.07, 6.45) is 5.20. The van der Waals surface area contributed by atoms with Crippen molar-refractivity contribution in [3.63, 3.8) is 0 Å². The van der Waals surface area contributed by atoms with E-state index in [1.165, 1.54) is 11.8 Å². The second-order valence-electron chi connectivity index (χ2n) is 7.66. The number of nitrogens with zero attached hydrogens (tertiary/aromatic N) is 4. The fourth-order valence-electron chi connectivity index (χ4n) is 3.84. The highest BCUT2D eigenvalue weighted by Crippen LogP contribution is 2.35. The molecular formula is C23H21N5O2S2. The van der Waals surface area contributed by atoms with Crippen LogP contribution in [-0.2, 0) is 9.59 Å². The number of benzene rings is 1. The summed E-state index contributed by atoms with van der Waals surface area (Å²) in [5, 5.41) is 7.50. The molecule has 2 aliphatic rings. The van der Waals surface area contributed by atoms with E-state index >= 15 is 0 Å². The molecule has 2 aliphatic heterocycles. The highest BCUT2D eigenvalue weighted by Gasteiger charge is 2.31. The molecule has 7 nitrogen and oxygen atoms in total. The van der Waals surface area contributed by atoms with Crippen LogP contribution in [-0.4, -0.2) is 44.8 Å². The number of carbonyl (C=O) groups excluding carboxylic acids is 2. The van der Waals surface area contributed by atoms with E-state index in [9.17, 15) is 9.59 Å². The van der Waals surface area contributed by atoms with E-state index in [0.717, 1.165) is 21.8 Å². The maximum atomic E-state index is 12.7. The maximum Gasteiger partial charge on any atom is 0.286 e. The summed E-state index contributed by atoms with van der Waals surface area (Å²) in [7, 11) is 0. The monoisotopic (exact) mass is 463 g/mol. The van der Waals surface area contributed by atoms with Crippen molar-refractivity contribution in [2.75, 3.05) is 13.1 Å². The molecule has 0 radical (unpaired) electrons. The molecule has 5 rings (SSSR count). The first-order valence-corrected chi connectivity index (χ1v) is 12.0. The van der Waals surface area contributed by atoms with Crippen LogP contribution < -0.4 is 5.73 Å². The van der Waals surface area contributed by atoms with Crippen molar-refractivity contribution in [2.24, 2.45) is 16.6 Å². The number of rotatable bonds is 4. The normalized spacial score (nSPS) is 18.4. The molecule has 1 aromatic carbocycles. The number of amidine groups is 1. The Morgan fingerprint density at radius 2 is 1.91 bits per heavy atom. The van der Waals surface area contributed by atoms with Gasteiger partial charge in [-0.1, -0.05) is 24.3 Å². The third-order valence-electron chi connectivity index (χ3n) is 5.58. The lowest BCUT2D eigenvalue weighted by Gasteiger charge is -2.31. The van der Waals surface area contributed by atoms with Gasteiger partial charge < -0.3 is 10.6 Å². The summed E-state index contributed by atoms with van der Waals surface area (Å²) in [5.74, 6) is -0.591. The van der Waals surface area contributed by atoms with E-state index in [1.807, 2.05) is 64.8 Å². The van der Waals surface area contributed by atoms with Crippen molar-refractivity contribution in [1.29, 1.82) is 0 Å². The Labute approximate surface area is 193 Å². The number of amides is 2. The Morgan fingerprint density at radius 1 is 1.12 bits per heavy atom. The molecule has 0 aliphatic carbocycles. The molecule has 4 heterocycles. The van der Waals surface area contributed by atoms with Gasteiger partial charge in [0.05, 0.1) is 15.5 Å². The molecule has 1 saturated heterocycles. The number of piperidine rings is 1. The van der Waals surface area contributed by atoms with Gasteiger partial charge in [0.1, 0.15) is 5.69 Å². The van der Waals surface area contributed by atoms with Crippen LogP contribution in [0.4, 0.5) is 0 Å². The minimum absolute atomic E-state index is 0.0962. The molecule has 0 atom stereocenters. The average molecular weight is 464 g/mol. The molecule has 3 aromatic rings. The zero-order valence-electron chi connectivity index (χ0n) is 17.2. The lowest BCUT2D eigenvalue weighted by Crippen LogP contribution is -2.40. The molecule has 0 unspecified atom stereocenters. The Morgan fingerprint density at radius 3 is 2.59 bits per heavy atom. The third-order valence-corrected chi connectivity index (χ3v) is 7.50. The molecule has 32 heavy (non-hydrogen) atoms. The van der Waals surface area contributed by atoms with E-state index in [1.54, 1.807) is 11.3 Å². The summed E-state index contributed by atoms with van der Waals surface area (Å²) in [6.45, 7) is 1.35. The van der Waals surface area contributed by atoms with Gasteiger partial charge in [-0.2, -0.15) is 10.1 Å². The Balaban J connectivity index is 1.41. The van der Waals surface area contributed by atoms with Crippen LogP contribution in [0.2, 0.25) is 0 Å². The Bertz CT molecular complexity index is 1210. The van der Waals surface area contributed by atoms with Gasteiger partial charge in [0.25, 0.3) is 5.91 Å². The molecule has 162 valence electrons. The maximum absolute atomic E-state index is 12.7. The van der Waals surface area contributed by atoms with E-state index in [2.05, 4.69) is 9.89 Å². The van der Waals surface area contributed by atoms with Crippen LogP contribution in [0, 0.1) is 5.92 Å². The number of thioether (sulfide) groups is 1. The quantitative estimate of drug-likeness (QED) is 0.595. The second kappa shape index (κ2) is 8.76. The number of likely N-dealkylation sites (tertiary alicyclic amines) is 1. The number of hydrogen-bond acceptors (Lipinski definition) is 6. The predicted molar refractivity (Wildman–Crippen MR) is 128 cm³/mol. The number of carbonyl (C=O) groups is 2. The number of primary amides is 1. The molecule has 0 saturated carbocycles. The van der Waals surface area contributed by atoms with Crippen molar-refractivity contribution in [3.8, 4) is 16.3 Å². The molecule has 2 N–H and O–H groups in total. The van der Waals surface area contributed by atoms with Gasteiger partial charge >= 0.3 is 0 Å². The highest BCUT2D eigenvalue weighted by molar-refractivity contribution is 8.18. The lowest BCUT2D eigenvalue weighted by molar-refractivity contribution is -0.123. The Hall–Kier alpha value is -3.17. The van der Waals surface area contributed by atoms with Crippen molar-refractivity contribution < 1.29 is 9.59 Å². The van der Waals surface area contributed by atoms with Crippen LogP contribution in [0.25, 0.3) is 22.3 Å². The molecule has 9 heteroatoms.